The maximum Gasteiger partial charge on any atom is 0.435 e. The van der Waals surface area contributed by atoms with Gasteiger partial charge in [-0.1, -0.05) is 23.6 Å². The number of nitrogens with zero attached hydrogens (tertiary/aromatic N) is 5. The van der Waals surface area contributed by atoms with Crippen molar-refractivity contribution in [1.29, 1.82) is 0 Å². The van der Waals surface area contributed by atoms with Gasteiger partial charge in [0.05, 0.1) is 46.2 Å². The molecule has 0 spiro atoms. The molecular formula is C40H32ClF9N6O4S. The van der Waals surface area contributed by atoms with Crippen molar-refractivity contribution in [3.8, 4) is 23.0 Å². The number of fused-ring (bicyclic) bond motifs is 4. The highest BCUT2D eigenvalue weighted by Gasteiger charge is 2.68. The number of alkyl halides is 7. The monoisotopic (exact) mass is 898 g/mol. The van der Waals surface area contributed by atoms with Gasteiger partial charge in [-0.15, -0.1) is 0 Å². The first-order chi connectivity index (χ1) is 28.2. The second kappa shape index (κ2) is 14.2. The van der Waals surface area contributed by atoms with Crippen molar-refractivity contribution >= 4 is 43.8 Å². The van der Waals surface area contributed by atoms with E-state index >= 15 is 8.78 Å². The van der Waals surface area contributed by atoms with Crippen LogP contribution in [0.5, 0.6) is 0 Å². The summed E-state index contributed by atoms with van der Waals surface area (Å²) in [6.45, 7) is -1.07. The van der Waals surface area contributed by atoms with E-state index in [0.29, 0.717) is 10.7 Å². The molecule has 0 radical (unpaired) electrons. The first kappa shape index (κ1) is 42.6. The van der Waals surface area contributed by atoms with E-state index < -0.39 is 124 Å². The fourth-order valence-electron chi connectivity index (χ4n) is 8.64. The molecule has 8 rings (SSSR count). The van der Waals surface area contributed by atoms with Crippen LogP contribution < -0.4 is 5.73 Å². The quantitative estimate of drug-likeness (QED) is 0.108. The van der Waals surface area contributed by atoms with Gasteiger partial charge in [0.25, 0.3) is 11.8 Å². The molecule has 21 heteroatoms. The third kappa shape index (κ3) is 7.95. The number of nitrogen functional groups attached to an aromatic ring is 1. The zero-order valence-corrected chi connectivity index (χ0v) is 33.4. The third-order valence-corrected chi connectivity index (χ3v) is 12.2. The van der Waals surface area contributed by atoms with Crippen molar-refractivity contribution in [2.45, 2.75) is 79.9 Å². The van der Waals surface area contributed by atoms with Crippen LogP contribution in [0.4, 0.5) is 45.2 Å². The van der Waals surface area contributed by atoms with Gasteiger partial charge in [-0.05, 0) is 54.5 Å². The van der Waals surface area contributed by atoms with E-state index in [9.17, 15) is 49.1 Å². The van der Waals surface area contributed by atoms with Crippen LogP contribution in [-0.4, -0.2) is 61.6 Å². The number of halogens is 10. The van der Waals surface area contributed by atoms with Crippen LogP contribution in [0.15, 0.2) is 36.4 Å². The van der Waals surface area contributed by atoms with Crippen molar-refractivity contribution in [2.24, 2.45) is 13.0 Å². The largest absolute Gasteiger partial charge is 0.435 e. The molecule has 2 fully saturated rings. The Kier molecular flexibility index (Phi) is 9.91. The number of nitrogens with two attached hydrogens (primary N) is 1. The molecule has 2 aromatic carbocycles. The topological polar surface area (TPSA) is 146 Å². The molecule has 0 saturated heterocycles. The number of hydrogen-bond acceptors (Lipinski definition) is 8. The Morgan fingerprint density at radius 3 is 2.36 bits per heavy atom. The standard InChI is InChI=1S/C40H32ClF9N6O4S/c1-55-34-23(3-4-27(41)32(34)30(53-55)15-61(2,59)60)24-13-28(51)29(5-6-37(58)16-38(44,45)17-37)52-33(24)19(7-18-8-20(42)11-21(43)9-18)10-22(57)14-56-36-31(35(54-56)40(48,49)50)25-12-26(25)39(36,46)47/h3-4,8-9,11,13,19,25-26,58H,7,10,12,14-17,51H2,1-2H3/t19-,25+,26-/m1/s1. The molecule has 3 atom stereocenters. The van der Waals surface area contributed by atoms with Crippen LogP contribution in [0.2, 0.25) is 5.02 Å². The van der Waals surface area contributed by atoms with Crippen LogP contribution in [0.25, 0.3) is 22.0 Å². The van der Waals surface area contributed by atoms with E-state index in [2.05, 4.69) is 27.0 Å². The summed E-state index contributed by atoms with van der Waals surface area (Å²) in [4.78, 5) is 18.7. The van der Waals surface area contributed by atoms with Crippen molar-refractivity contribution in [3.05, 3.63) is 92.7 Å². The molecule has 0 amide bonds. The third-order valence-electron chi connectivity index (χ3n) is 11.1. The average Bonchev–Trinajstić information content (AvgIpc) is 3.64. The molecule has 0 aliphatic heterocycles. The summed E-state index contributed by atoms with van der Waals surface area (Å²) in [6.07, 6.45) is -7.44. The minimum absolute atomic E-state index is 0.0401. The number of Topliss-reactive ketones (excluding diaryl/α,β-unsaturated/α-hetero) is 1. The van der Waals surface area contributed by atoms with Gasteiger partial charge < -0.3 is 10.8 Å². The molecule has 3 aromatic heterocycles. The van der Waals surface area contributed by atoms with Crippen LogP contribution in [0.3, 0.4) is 0 Å². The summed E-state index contributed by atoms with van der Waals surface area (Å²) in [5.74, 6) is -9.34. The Morgan fingerprint density at radius 2 is 1.74 bits per heavy atom. The second-order valence-corrected chi connectivity index (χ2v) is 18.6. The summed E-state index contributed by atoms with van der Waals surface area (Å²) in [5, 5.41) is 18.7. The van der Waals surface area contributed by atoms with Gasteiger partial charge in [-0.25, -0.2) is 31.0 Å². The van der Waals surface area contributed by atoms with E-state index in [0.717, 1.165) is 18.4 Å². The fourth-order valence-corrected chi connectivity index (χ4v) is 9.60. The minimum Gasteiger partial charge on any atom is -0.396 e. The molecule has 2 saturated carbocycles. The van der Waals surface area contributed by atoms with E-state index in [1.165, 1.54) is 29.9 Å². The predicted octanol–water partition coefficient (Wildman–Crippen LogP) is 7.62. The van der Waals surface area contributed by atoms with E-state index in [4.69, 9.17) is 17.3 Å². The number of aromatic nitrogens is 5. The molecule has 322 valence electrons. The number of carbonyl (C=O) groups is 1. The van der Waals surface area contributed by atoms with Gasteiger partial charge in [0.1, 0.15) is 35.2 Å². The van der Waals surface area contributed by atoms with Crippen LogP contribution >= 0.6 is 11.6 Å². The Morgan fingerprint density at radius 1 is 1.07 bits per heavy atom. The summed E-state index contributed by atoms with van der Waals surface area (Å²) in [5.41, 5.74) is 1.07. The Balaban J connectivity index is 1.30. The number of aryl methyl sites for hydroxylation is 1. The van der Waals surface area contributed by atoms with Gasteiger partial charge in [-0.2, -0.15) is 32.1 Å². The van der Waals surface area contributed by atoms with Gasteiger partial charge in [0.15, 0.2) is 21.3 Å². The smallest absolute Gasteiger partial charge is 0.396 e. The summed E-state index contributed by atoms with van der Waals surface area (Å²) in [7, 11) is -2.19. The molecule has 3 N–H and O–H groups in total. The van der Waals surface area contributed by atoms with Crippen molar-refractivity contribution < 1.29 is 57.8 Å². The van der Waals surface area contributed by atoms with Gasteiger partial charge in [0.2, 0.25) is 0 Å². The average molecular weight is 899 g/mol. The normalized spacial score (nSPS) is 20.1. The maximum absolute atomic E-state index is 15.5. The lowest BCUT2D eigenvalue weighted by Gasteiger charge is -2.39. The molecule has 0 bridgehead atoms. The molecule has 3 aliphatic carbocycles. The first-order valence-electron chi connectivity index (χ1n) is 18.5. The Labute approximate surface area is 345 Å². The summed E-state index contributed by atoms with van der Waals surface area (Å²) < 4.78 is 156. The Bertz CT molecular complexity index is 2840. The fraction of sp³-hybridized carbons (Fsp3) is 0.400. The number of hydrogen-bond donors (Lipinski definition) is 2. The lowest BCUT2D eigenvalue weighted by Crippen LogP contribution is -2.50. The molecule has 3 aliphatic rings. The highest BCUT2D eigenvalue weighted by molar-refractivity contribution is 7.89. The molecule has 3 heterocycles. The number of sulfone groups is 1. The summed E-state index contributed by atoms with van der Waals surface area (Å²) >= 11 is 6.60. The van der Waals surface area contributed by atoms with Crippen LogP contribution in [0.1, 0.15) is 77.1 Å². The predicted molar refractivity (Wildman–Crippen MR) is 202 cm³/mol. The first-order valence-corrected chi connectivity index (χ1v) is 21.0. The number of carbonyl (C=O) groups excluding carboxylic acids is 1. The van der Waals surface area contributed by atoms with Crippen molar-refractivity contribution in [1.82, 2.24) is 24.5 Å². The van der Waals surface area contributed by atoms with Gasteiger partial charge >= 0.3 is 6.18 Å². The minimum atomic E-state index is -5.12. The van der Waals surface area contributed by atoms with Crippen molar-refractivity contribution in [2.75, 3.05) is 12.0 Å². The number of ketones is 1. The summed E-state index contributed by atoms with van der Waals surface area (Å²) in [6, 6.07) is 6.71. The number of pyridine rings is 1. The zero-order valence-electron chi connectivity index (χ0n) is 31.8. The number of benzene rings is 2. The van der Waals surface area contributed by atoms with E-state index in [-0.39, 0.29) is 61.8 Å². The molecule has 0 unspecified atom stereocenters. The van der Waals surface area contributed by atoms with E-state index in [1.807, 2.05) is 0 Å². The highest BCUT2D eigenvalue weighted by Crippen LogP contribution is 2.68. The lowest BCUT2D eigenvalue weighted by atomic mass is 9.77. The highest BCUT2D eigenvalue weighted by atomic mass is 35.5. The SMILES string of the molecule is Cn1nc(CS(C)(=O)=O)c2c(Cl)ccc(-c3cc(N)c(C#CC4(O)CC(F)(F)C4)nc3[C@@H](CC(=O)Cn3nc(C(F)(F)F)c4c3C(F)(F)[C@@H]3C[C@H]43)Cc3cc(F)cc(F)c3)c21. The van der Waals surface area contributed by atoms with Crippen molar-refractivity contribution in [3.63, 3.8) is 0 Å². The molecular weight excluding hydrogens is 867 g/mol. The zero-order chi connectivity index (χ0) is 44.4. The molecule has 5 aromatic rings. The number of rotatable bonds is 10. The van der Waals surface area contributed by atoms with Crippen LogP contribution in [-0.2, 0) is 52.5 Å². The van der Waals surface area contributed by atoms with Crippen LogP contribution in [0, 0.1) is 29.4 Å². The van der Waals surface area contributed by atoms with Gasteiger partial charge in [-0.3, -0.25) is 14.2 Å². The van der Waals surface area contributed by atoms with E-state index in [1.54, 1.807) is 0 Å². The van der Waals surface area contributed by atoms with Gasteiger partial charge in [0, 0.05) is 59.7 Å². The second-order valence-electron chi connectivity index (χ2n) is 16.1. The number of anilines is 1. The lowest BCUT2D eigenvalue weighted by molar-refractivity contribution is -0.176. The Hall–Kier alpha value is -5.13. The molecule has 10 nitrogen and oxygen atoms in total. The molecule has 61 heavy (non-hydrogen) atoms. The maximum atomic E-state index is 15.5. The number of aliphatic hydroxyl groups is 1.